The Bertz CT molecular complexity index is 809. The van der Waals surface area contributed by atoms with Crippen molar-refractivity contribution in [3.8, 4) is 0 Å². The number of amides is 1. The van der Waals surface area contributed by atoms with Crippen molar-refractivity contribution >= 4 is 21.6 Å². The molecular formula is C21H33N3O4S. The molecule has 1 aromatic carbocycles. The van der Waals surface area contributed by atoms with Crippen molar-refractivity contribution in [3.63, 3.8) is 0 Å². The molecule has 0 atom stereocenters. The highest BCUT2D eigenvalue weighted by Gasteiger charge is 2.30. The van der Waals surface area contributed by atoms with Gasteiger partial charge in [0.2, 0.25) is 10.0 Å². The molecule has 0 unspecified atom stereocenters. The molecule has 7 nitrogen and oxygen atoms in total. The third-order valence-electron chi connectivity index (χ3n) is 6.05. The van der Waals surface area contributed by atoms with E-state index in [4.69, 9.17) is 4.74 Å². The Morgan fingerprint density at radius 1 is 1.10 bits per heavy atom. The molecule has 1 aromatic rings. The van der Waals surface area contributed by atoms with Crippen LogP contribution in [0.15, 0.2) is 23.1 Å². The molecule has 0 aromatic heterocycles. The zero-order chi connectivity index (χ0) is 21.0. The van der Waals surface area contributed by atoms with Gasteiger partial charge in [-0.1, -0.05) is 13.8 Å². The van der Waals surface area contributed by atoms with E-state index in [-0.39, 0.29) is 16.9 Å². The van der Waals surface area contributed by atoms with Gasteiger partial charge in [0.15, 0.2) is 0 Å². The van der Waals surface area contributed by atoms with Crippen LogP contribution in [0.1, 0.15) is 49.9 Å². The Labute approximate surface area is 174 Å². The summed E-state index contributed by atoms with van der Waals surface area (Å²) in [6, 6.07) is 5.05. The van der Waals surface area contributed by atoms with E-state index < -0.39 is 10.0 Å². The van der Waals surface area contributed by atoms with Crippen LogP contribution in [0.5, 0.6) is 0 Å². The van der Waals surface area contributed by atoms with E-state index in [1.807, 2.05) is 24.8 Å². The third kappa shape index (κ3) is 4.59. The number of hydrogen-bond acceptors (Lipinski definition) is 5. The fourth-order valence-corrected chi connectivity index (χ4v) is 5.74. The number of carbonyl (C=O) groups is 1. The van der Waals surface area contributed by atoms with E-state index in [1.54, 1.807) is 19.2 Å². The Kier molecular flexibility index (Phi) is 7.19. The highest BCUT2D eigenvalue weighted by Crippen LogP contribution is 2.30. The number of nitrogens with zero attached hydrogens (tertiary/aromatic N) is 3. The van der Waals surface area contributed by atoms with Crippen LogP contribution in [-0.4, -0.2) is 76.0 Å². The van der Waals surface area contributed by atoms with Crippen molar-refractivity contribution in [3.05, 3.63) is 23.8 Å². The highest BCUT2D eigenvalue weighted by molar-refractivity contribution is 7.89. The minimum atomic E-state index is -3.62. The van der Waals surface area contributed by atoms with Crippen LogP contribution in [0.3, 0.4) is 0 Å². The maximum Gasteiger partial charge on any atom is 0.256 e. The molecule has 0 N–H and O–H groups in total. The number of carbonyl (C=O) groups excluding carboxylic acids is 1. The molecule has 2 saturated heterocycles. The largest absolute Gasteiger partial charge is 0.381 e. The van der Waals surface area contributed by atoms with E-state index in [1.165, 1.54) is 4.31 Å². The maximum absolute atomic E-state index is 13.4. The van der Waals surface area contributed by atoms with E-state index in [2.05, 4.69) is 4.90 Å². The first-order chi connectivity index (χ1) is 13.9. The van der Waals surface area contributed by atoms with Crippen LogP contribution in [-0.2, 0) is 14.8 Å². The molecule has 0 bridgehead atoms. The Hall–Kier alpha value is -1.64. The second kappa shape index (κ2) is 9.45. The summed E-state index contributed by atoms with van der Waals surface area (Å²) in [5.74, 6) is -0.0851. The van der Waals surface area contributed by atoms with E-state index in [9.17, 15) is 13.2 Å². The number of rotatable bonds is 7. The summed E-state index contributed by atoms with van der Waals surface area (Å²) < 4.78 is 32.9. The molecule has 0 spiro atoms. The van der Waals surface area contributed by atoms with Crippen LogP contribution in [0, 0.1) is 0 Å². The molecule has 162 valence electrons. The lowest BCUT2D eigenvalue weighted by atomic mass is 10.0. The molecule has 2 heterocycles. The predicted octanol–water partition coefficient (Wildman–Crippen LogP) is 2.57. The van der Waals surface area contributed by atoms with Gasteiger partial charge in [-0.3, -0.25) is 4.79 Å². The summed E-state index contributed by atoms with van der Waals surface area (Å²) in [6.45, 7) is 7.51. The van der Waals surface area contributed by atoms with Crippen LogP contribution < -0.4 is 4.90 Å². The van der Waals surface area contributed by atoms with Crippen molar-refractivity contribution < 1.29 is 17.9 Å². The van der Waals surface area contributed by atoms with Gasteiger partial charge in [0.1, 0.15) is 0 Å². The summed E-state index contributed by atoms with van der Waals surface area (Å²) in [5.41, 5.74) is 1.34. The first-order valence-electron chi connectivity index (χ1n) is 10.6. The second-order valence-corrected chi connectivity index (χ2v) is 9.63. The van der Waals surface area contributed by atoms with Gasteiger partial charge in [-0.25, -0.2) is 8.42 Å². The summed E-state index contributed by atoms with van der Waals surface area (Å²) in [7, 11) is -1.91. The number of hydrogen-bond donors (Lipinski definition) is 0. The van der Waals surface area contributed by atoms with Crippen LogP contribution in [0.4, 0.5) is 5.69 Å². The van der Waals surface area contributed by atoms with E-state index in [0.717, 1.165) is 44.5 Å². The second-order valence-electron chi connectivity index (χ2n) is 7.69. The van der Waals surface area contributed by atoms with Crippen molar-refractivity contribution in [2.45, 2.75) is 50.5 Å². The van der Waals surface area contributed by atoms with Gasteiger partial charge in [0.05, 0.1) is 16.6 Å². The summed E-state index contributed by atoms with van der Waals surface area (Å²) in [6.07, 6.45) is 3.97. The monoisotopic (exact) mass is 423 g/mol. The van der Waals surface area contributed by atoms with Crippen LogP contribution >= 0.6 is 0 Å². The summed E-state index contributed by atoms with van der Waals surface area (Å²) >= 11 is 0. The van der Waals surface area contributed by atoms with Crippen LogP contribution in [0.25, 0.3) is 0 Å². The van der Waals surface area contributed by atoms with Gasteiger partial charge in [-0.15, -0.1) is 0 Å². The van der Waals surface area contributed by atoms with Crippen molar-refractivity contribution in [1.29, 1.82) is 0 Å². The molecule has 2 fully saturated rings. The standard InChI is InChI=1S/C21H33N3O4S/c1-4-24(5-2)29(26,27)18-8-9-20(22-12-6-7-13-22)19(16-18)21(25)23-14-10-17(28-3)11-15-23/h8-9,16-17H,4-7,10-15H2,1-3H3. The average molecular weight is 424 g/mol. The zero-order valence-corrected chi connectivity index (χ0v) is 18.6. The molecule has 0 aliphatic carbocycles. The zero-order valence-electron chi connectivity index (χ0n) is 17.8. The van der Waals surface area contributed by atoms with Gasteiger partial charge in [-0.2, -0.15) is 4.31 Å². The number of likely N-dealkylation sites (tertiary alicyclic amines) is 1. The molecule has 8 heteroatoms. The van der Waals surface area contributed by atoms with E-state index >= 15 is 0 Å². The Balaban J connectivity index is 1.96. The van der Waals surface area contributed by atoms with Gasteiger partial charge in [0.25, 0.3) is 5.91 Å². The number of anilines is 1. The lowest BCUT2D eigenvalue weighted by Gasteiger charge is -2.32. The van der Waals surface area contributed by atoms with Gasteiger partial charge in [0, 0.05) is 52.1 Å². The normalized spacial score (nSPS) is 18.6. The minimum Gasteiger partial charge on any atom is -0.381 e. The fraction of sp³-hybridized carbons (Fsp3) is 0.667. The first kappa shape index (κ1) is 22.1. The SMILES string of the molecule is CCN(CC)S(=O)(=O)c1ccc(N2CCCC2)c(C(=O)N2CCC(OC)CC2)c1. The molecule has 3 rings (SSSR count). The van der Waals surface area contributed by atoms with Crippen molar-refractivity contribution in [2.75, 3.05) is 51.3 Å². The molecule has 2 aliphatic heterocycles. The van der Waals surface area contributed by atoms with Crippen LogP contribution in [0.2, 0.25) is 0 Å². The lowest BCUT2D eigenvalue weighted by molar-refractivity contribution is 0.0351. The maximum atomic E-state index is 13.4. The summed E-state index contributed by atoms with van der Waals surface area (Å²) in [4.78, 5) is 17.6. The van der Waals surface area contributed by atoms with Crippen molar-refractivity contribution in [2.24, 2.45) is 0 Å². The first-order valence-corrected chi connectivity index (χ1v) is 12.1. The highest BCUT2D eigenvalue weighted by atomic mass is 32.2. The van der Waals surface area contributed by atoms with Crippen molar-refractivity contribution in [1.82, 2.24) is 9.21 Å². The third-order valence-corrected chi connectivity index (χ3v) is 8.10. The van der Waals surface area contributed by atoms with Gasteiger partial charge < -0.3 is 14.5 Å². The molecular weight excluding hydrogens is 390 g/mol. The number of benzene rings is 1. The summed E-state index contributed by atoms with van der Waals surface area (Å²) in [5, 5.41) is 0. The van der Waals surface area contributed by atoms with Gasteiger partial charge in [-0.05, 0) is 43.9 Å². The molecule has 2 aliphatic rings. The molecule has 0 radical (unpaired) electrons. The Morgan fingerprint density at radius 3 is 2.28 bits per heavy atom. The number of methoxy groups -OCH3 is 1. The minimum absolute atomic E-state index is 0.0851. The molecule has 0 saturated carbocycles. The topological polar surface area (TPSA) is 70.2 Å². The average Bonchev–Trinajstić information content (AvgIpc) is 3.28. The fourth-order valence-electron chi connectivity index (χ4n) is 4.26. The predicted molar refractivity (Wildman–Crippen MR) is 114 cm³/mol. The van der Waals surface area contributed by atoms with Gasteiger partial charge >= 0.3 is 0 Å². The quantitative estimate of drug-likeness (QED) is 0.674. The van der Waals surface area contributed by atoms with E-state index in [0.29, 0.717) is 31.7 Å². The molecule has 1 amide bonds. The number of sulfonamides is 1. The Morgan fingerprint density at radius 2 is 1.72 bits per heavy atom. The number of piperidine rings is 1. The number of ether oxygens (including phenoxy) is 1. The lowest BCUT2D eigenvalue weighted by Crippen LogP contribution is -2.41. The smallest absolute Gasteiger partial charge is 0.256 e. The molecule has 29 heavy (non-hydrogen) atoms.